The molecule has 0 bridgehead atoms. The van der Waals surface area contributed by atoms with Gasteiger partial charge in [0.15, 0.2) is 10.7 Å². The van der Waals surface area contributed by atoms with Crippen LogP contribution in [0.1, 0.15) is 27.9 Å². The van der Waals surface area contributed by atoms with Gasteiger partial charge in [-0.3, -0.25) is 9.69 Å². The number of nitrogens with zero attached hydrogens (tertiary/aromatic N) is 3. The first-order valence-corrected chi connectivity index (χ1v) is 10.2. The molecule has 7 nitrogen and oxygen atoms in total. The summed E-state index contributed by atoms with van der Waals surface area (Å²) in [5.74, 6) is -2.47. The molecule has 4 rings (SSSR count). The summed E-state index contributed by atoms with van der Waals surface area (Å²) in [7, 11) is 1.10. The molecule has 0 unspecified atom stereocenters. The summed E-state index contributed by atoms with van der Waals surface area (Å²) in [6.45, 7) is 0.0356. The Morgan fingerprint density at radius 3 is 2.50 bits per heavy atom. The number of carbonyl (C=O) groups is 2. The molecule has 2 aliphatic heterocycles. The number of methoxy groups -OCH3 is 1. The molecule has 12 heteroatoms. The van der Waals surface area contributed by atoms with E-state index in [2.05, 4.69) is 4.74 Å². The summed E-state index contributed by atoms with van der Waals surface area (Å²) in [5, 5.41) is 8.86. The molecule has 34 heavy (non-hydrogen) atoms. The Labute approximate surface area is 196 Å². The van der Waals surface area contributed by atoms with E-state index in [0.29, 0.717) is 6.07 Å². The van der Waals surface area contributed by atoms with Crippen molar-refractivity contribution in [2.45, 2.75) is 18.1 Å². The number of halogens is 4. The number of hydrogen-bond acceptors (Lipinski definition) is 6. The molecule has 2 aromatic rings. The third-order valence-electron chi connectivity index (χ3n) is 5.72. The smallest absolute Gasteiger partial charge is 0.417 e. The van der Waals surface area contributed by atoms with Gasteiger partial charge in [-0.2, -0.15) is 18.4 Å². The fourth-order valence-electron chi connectivity index (χ4n) is 4.08. The summed E-state index contributed by atoms with van der Waals surface area (Å²) in [6.07, 6.45) is -4.70. The molecule has 2 aromatic carbocycles. The summed E-state index contributed by atoms with van der Waals surface area (Å²) in [5.41, 5.74) is -3.65. The van der Waals surface area contributed by atoms with Gasteiger partial charge in [-0.05, 0) is 48.6 Å². The first-order chi connectivity index (χ1) is 16.0. The number of rotatable bonds is 3. The number of esters is 1. The monoisotopic (exact) mass is 493 g/mol. The number of alkyl halides is 3. The molecule has 176 valence electrons. The van der Waals surface area contributed by atoms with Crippen molar-refractivity contribution < 1.29 is 36.6 Å². The van der Waals surface area contributed by atoms with Crippen molar-refractivity contribution in [2.24, 2.45) is 0 Å². The Hall–Kier alpha value is -3.56. The standard InChI is InChI=1S/C22H15F4N3O4S/c1-32-18(30)15-5-4-14(9-17(15)23)29-20(34)28(19(31)21(29)6-7-33-11-21)13-3-2-12(10-27)16(8-13)22(24,25)26/h2-5,8-9H,6-7,11H2,1H3/t21-/m1/s1. The van der Waals surface area contributed by atoms with Crippen LogP contribution in [0.4, 0.5) is 28.9 Å². The predicted molar refractivity (Wildman–Crippen MR) is 115 cm³/mol. The molecule has 1 atom stereocenters. The Bertz CT molecular complexity index is 1250. The highest BCUT2D eigenvalue weighted by Crippen LogP contribution is 2.43. The van der Waals surface area contributed by atoms with E-state index in [1.807, 2.05) is 0 Å². The van der Waals surface area contributed by atoms with Crippen molar-refractivity contribution in [1.82, 2.24) is 0 Å². The maximum Gasteiger partial charge on any atom is 0.417 e. The molecule has 0 aliphatic carbocycles. The molecule has 2 aliphatic rings. The second-order valence-electron chi connectivity index (χ2n) is 7.59. The lowest BCUT2D eigenvalue weighted by Crippen LogP contribution is -2.50. The molecular formula is C22H15F4N3O4S. The number of thiocarbonyl (C=S) groups is 1. The molecule has 0 radical (unpaired) electrons. The van der Waals surface area contributed by atoms with E-state index in [1.54, 1.807) is 0 Å². The van der Waals surface area contributed by atoms with E-state index < -0.39 is 40.5 Å². The van der Waals surface area contributed by atoms with Crippen LogP contribution in [0, 0.1) is 17.1 Å². The SMILES string of the molecule is COC(=O)c1ccc(N2C(=S)N(c3ccc(C#N)c(C(F)(F)F)c3)C(=O)[C@]23CCOC3)cc1F. The van der Waals surface area contributed by atoms with E-state index in [0.717, 1.165) is 24.1 Å². The average molecular weight is 493 g/mol. The zero-order chi connectivity index (χ0) is 24.8. The average Bonchev–Trinajstić information content (AvgIpc) is 3.36. The molecule has 0 saturated carbocycles. The maximum atomic E-state index is 14.7. The minimum Gasteiger partial charge on any atom is -0.465 e. The highest BCUT2D eigenvalue weighted by Gasteiger charge is 2.58. The molecule has 1 spiro atoms. The van der Waals surface area contributed by atoms with Crippen molar-refractivity contribution in [3.05, 3.63) is 58.9 Å². The maximum absolute atomic E-state index is 14.7. The lowest BCUT2D eigenvalue weighted by Gasteiger charge is -2.31. The third-order valence-corrected chi connectivity index (χ3v) is 6.08. The van der Waals surface area contributed by atoms with Crippen molar-refractivity contribution in [1.29, 1.82) is 5.26 Å². The van der Waals surface area contributed by atoms with Crippen LogP contribution >= 0.6 is 12.2 Å². The fraction of sp³-hybridized carbons (Fsp3) is 0.273. The Morgan fingerprint density at radius 2 is 1.94 bits per heavy atom. The number of anilines is 2. The lowest BCUT2D eigenvalue weighted by atomic mass is 9.95. The van der Waals surface area contributed by atoms with Gasteiger partial charge in [0.05, 0.1) is 42.2 Å². The van der Waals surface area contributed by atoms with Gasteiger partial charge in [-0.1, -0.05) is 0 Å². The summed E-state index contributed by atoms with van der Waals surface area (Å²) in [6, 6.07) is 7.83. The van der Waals surface area contributed by atoms with Crippen LogP contribution in [0.2, 0.25) is 0 Å². The van der Waals surface area contributed by atoms with Gasteiger partial charge in [0.2, 0.25) is 0 Å². The Balaban J connectivity index is 1.83. The summed E-state index contributed by atoms with van der Waals surface area (Å²) < 4.78 is 65.2. The van der Waals surface area contributed by atoms with E-state index in [9.17, 15) is 27.2 Å². The quantitative estimate of drug-likeness (QED) is 0.366. The number of nitriles is 1. The summed E-state index contributed by atoms with van der Waals surface area (Å²) in [4.78, 5) is 27.5. The third kappa shape index (κ3) is 3.57. The van der Waals surface area contributed by atoms with Crippen LogP contribution in [0.3, 0.4) is 0 Å². The van der Waals surface area contributed by atoms with Crippen LogP contribution in [0.15, 0.2) is 36.4 Å². The minimum atomic E-state index is -4.84. The number of hydrogen-bond donors (Lipinski definition) is 0. The van der Waals surface area contributed by atoms with Crippen LogP contribution < -0.4 is 9.80 Å². The second-order valence-corrected chi connectivity index (χ2v) is 7.95. The van der Waals surface area contributed by atoms with Crippen LogP contribution in [-0.4, -0.2) is 42.9 Å². The van der Waals surface area contributed by atoms with Gasteiger partial charge in [-0.25, -0.2) is 9.18 Å². The van der Waals surface area contributed by atoms with Crippen LogP contribution in [0.5, 0.6) is 0 Å². The van der Waals surface area contributed by atoms with Crippen molar-refractivity contribution in [3.63, 3.8) is 0 Å². The largest absolute Gasteiger partial charge is 0.465 e. The topological polar surface area (TPSA) is 82.9 Å². The highest BCUT2D eigenvalue weighted by atomic mass is 32.1. The van der Waals surface area contributed by atoms with Gasteiger partial charge in [0.1, 0.15) is 5.82 Å². The Kier molecular flexibility index (Phi) is 5.79. The highest BCUT2D eigenvalue weighted by molar-refractivity contribution is 7.81. The zero-order valence-electron chi connectivity index (χ0n) is 17.5. The minimum absolute atomic E-state index is 0.112. The summed E-state index contributed by atoms with van der Waals surface area (Å²) >= 11 is 5.48. The van der Waals surface area contributed by atoms with Crippen molar-refractivity contribution in [2.75, 3.05) is 30.1 Å². The number of ether oxygens (including phenoxy) is 2. The molecule has 2 fully saturated rings. The van der Waals surface area contributed by atoms with Gasteiger partial charge in [0, 0.05) is 18.7 Å². The van der Waals surface area contributed by atoms with Crippen LogP contribution in [-0.2, 0) is 20.4 Å². The lowest BCUT2D eigenvalue weighted by molar-refractivity contribution is -0.137. The van der Waals surface area contributed by atoms with E-state index >= 15 is 0 Å². The van der Waals surface area contributed by atoms with Gasteiger partial charge in [0.25, 0.3) is 5.91 Å². The molecular weight excluding hydrogens is 478 g/mol. The fourth-order valence-corrected chi connectivity index (χ4v) is 4.55. The van der Waals surface area contributed by atoms with Crippen molar-refractivity contribution in [3.8, 4) is 6.07 Å². The predicted octanol–water partition coefficient (Wildman–Crippen LogP) is 3.80. The van der Waals surface area contributed by atoms with Gasteiger partial charge in [-0.15, -0.1) is 0 Å². The van der Waals surface area contributed by atoms with Crippen LogP contribution in [0.25, 0.3) is 0 Å². The van der Waals surface area contributed by atoms with E-state index in [1.165, 1.54) is 29.2 Å². The number of carbonyl (C=O) groups excluding carboxylic acids is 2. The molecule has 0 aromatic heterocycles. The van der Waals surface area contributed by atoms with E-state index in [4.69, 9.17) is 22.2 Å². The molecule has 2 heterocycles. The molecule has 2 saturated heterocycles. The zero-order valence-corrected chi connectivity index (χ0v) is 18.3. The van der Waals surface area contributed by atoms with Crippen molar-refractivity contribution >= 4 is 40.6 Å². The second kappa shape index (κ2) is 8.34. The molecule has 1 amide bonds. The first-order valence-electron chi connectivity index (χ1n) is 9.81. The molecule has 0 N–H and O–H groups in total. The number of benzene rings is 2. The van der Waals surface area contributed by atoms with Gasteiger partial charge >= 0.3 is 12.1 Å². The first kappa shape index (κ1) is 23.6. The Morgan fingerprint density at radius 1 is 1.24 bits per heavy atom. The normalized spacial score (nSPS) is 20.2. The number of amides is 1. The van der Waals surface area contributed by atoms with E-state index in [-0.39, 0.29) is 41.7 Å². The van der Waals surface area contributed by atoms with Gasteiger partial charge < -0.3 is 14.4 Å².